The van der Waals surface area contributed by atoms with Crippen molar-refractivity contribution in [2.24, 2.45) is 5.41 Å². The zero-order valence-corrected chi connectivity index (χ0v) is 8.85. The van der Waals surface area contributed by atoms with Gasteiger partial charge in [0.15, 0.2) is 0 Å². The summed E-state index contributed by atoms with van der Waals surface area (Å²) in [6, 6.07) is 0. The molecule has 13 heavy (non-hydrogen) atoms. The van der Waals surface area contributed by atoms with Gasteiger partial charge in [0.1, 0.15) is 0 Å². The molecule has 0 saturated carbocycles. The van der Waals surface area contributed by atoms with Gasteiger partial charge >= 0.3 is 0 Å². The van der Waals surface area contributed by atoms with E-state index in [0.29, 0.717) is 19.1 Å². The lowest BCUT2D eigenvalue weighted by atomic mass is 9.78. The average molecular weight is 205 g/mol. The third kappa shape index (κ3) is 2.25. The third-order valence-electron chi connectivity index (χ3n) is 2.73. The highest BCUT2D eigenvalue weighted by Gasteiger charge is 2.46. The molecular formula is C10H17ClO2. The minimum Gasteiger partial charge on any atom is -0.375 e. The van der Waals surface area contributed by atoms with Crippen molar-refractivity contribution >= 4 is 11.6 Å². The van der Waals surface area contributed by atoms with Crippen LogP contribution in [0, 0.1) is 5.41 Å². The lowest BCUT2D eigenvalue weighted by Gasteiger charge is -2.47. The smallest absolute Gasteiger partial charge is 0.0898 e. The van der Waals surface area contributed by atoms with Gasteiger partial charge in [-0.2, -0.15) is 0 Å². The molecule has 76 valence electrons. The van der Waals surface area contributed by atoms with Crippen molar-refractivity contribution in [2.75, 3.05) is 25.7 Å². The van der Waals surface area contributed by atoms with Gasteiger partial charge in [-0.15, -0.1) is 18.2 Å². The summed E-state index contributed by atoms with van der Waals surface area (Å²) in [5.74, 6) is 0.658. The second-order valence-corrected chi connectivity index (χ2v) is 3.74. The molecule has 0 amide bonds. The van der Waals surface area contributed by atoms with Crippen molar-refractivity contribution in [3.63, 3.8) is 0 Å². The number of ether oxygens (including phenoxy) is 2. The topological polar surface area (TPSA) is 18.5 Å². The fraction of sp³-hybridized carbons (Fsp3) is 0.800. The standard InChI is InChI=1S/C10H17ClO2/c1-3-5-12-6-9-10(4-2,7-11)8-13-9/h3,9H,1,4-8H2,2H3. The zero-order valence-electron chi connectivity index (χ0n) is 8.09. The van der Waals surface area contributed by atoms with Gasteiger partial charge in [0.05, 0.1) is 25.9 Å². The molecule has 0 aromatic heterocycles. The van der Waals surface area contributed by atoms with Gasteiger partial charge in [-0.3, -0.25) is 0 Å². The van der Waals surface area contributed by atoms with E-state index in [1.807, 2.05) is 0 Å². The van der Waals surface area contributed by atoms with Crippen molar-refractivity contribution < 1.29 is 9.47 Å². The summed E-state index contributed by atoms with van der Waals surface area (Å²) in [4.78, 5) is 0. The highest BCUT2D eigenvalue weighted by atomic mass is 35.5. The van der Waals surface area contributed by atoms with E-state index in [9.17, 15) is 0 Å². The average Bonchev–Trinajstić information content (AvgIpc) is 2.13. The van der Waals surface area contributed by atoms with Crippen LogP contribution in [-0.2, 0) is 9.47 Å². The highest BCUT2D eigenvalue weighted by Crippen LogP contribution is 2.39. The molecular weight excluding hydrogens is 188 g/mol. The van der Waals surface area contributed by atoms with Crippen molar-refractivity contribution in [2.45, 2.75) is 19.4 Å². The molecule has 2 unspecified atom stereocenters. The Morgan fingerprint density at radius 3 is 2.92 bits per heavy atom. The molecule has 0 spiro atoms. The normalized spacial score (nSPS) is 32.6. The van der Waals surface area contributed by atoms with E-state index in [1.54, 1.807) is 6.08 Å². The quantitative estimate of drug-likeness (QED) is 0.375. The second kappa shape index (κ2) is 4.99. The van der Waals surface area contributed by atoms with Gasteiger partial charge in [-0.25, -0.2) is 0 Å². The van der Waals surface area contributed by atoms with Gasteiger partial charge in [-0.1, -0.05) is 13.0 Å². The highest BCUT2D eigenvalue weighted by molar-refractivity contribution is 6.18. The Bertz CT molecular complexity index is 161. The molecule has 0 aromatic rings. The monoisotopic (exact) mass is 204 g/mol. The number of rotatable bonds is 6. The Kier molecular flexibility index (Phi) is 4.23. The Balaban J connectivity index is 2.30. The number of halogens is 1. The molecule has 2 atom stereocenters. The van der Waals surface area contributed by atoms with Crippen molar-refractivity contribution in [3.05, 3.63) is 12.7 Å². The summed E-state index contributed by atoms with van der Waals surface area (Å²) in [7, 11) is 0. The molecule has 0 bridgehead atoms. The Morgan fingerprint density at radius 1 is 1.77 bits per heavy atom. The lowest BCUT2D eigenvalue weighted by Crippen LogP contribution is -2.55. The van der Waals surface area contributed by atoms with E-state index in [0.717, 1.165) is 13.0 Å². The number of hydrogen-bond acceptors (Lipinski definition) is 2. The predicted octanol–water partition coefficient (Wildman–Crippen LogP) is 2.22. The lowest BCUT2D eigenvalue weighted by molar-refractivity contribution is -0.198. The van der Waals surface area contributed by atoms with Crippen LogP contribution in [-0.4, -0.2) is 31.8 Å². The van der Waals surface area contributed by atoms with Crippen LogP contribution in [0.1, 0.15) is 13.3 Å². The van der Waals surface area contributed by atoms with E-state index in [4.69, 9.17) is 21.1 Å². The molecule has 1 fully saturated rings. The summed E-state index contributed by atoms with van der Waals surface area (Å²) in [5.41, 5.74) is 0.155. The van der Waals surface area contributed by atoms with Crippen molar-refractivity contribution in [3.8, 4) is 0 Å². The Hall–Kier alpha value is -0.0500. The van der Waals surface area contributed by atoms with Crippen LogP contribution in [0.3, 0.4) is 0 Å². The summed E-state index contributed by atoms with van der Waals surface area (Å²) in [6.07, 6.45) is 2.97. The van der Waals surface area contributed by atoms with Crippen LogP contribution in [0.5, 0.6) is 0 Å². The number of hydrogen-bond donors (Lipinski definition) is 0. The molecule has 1 rings (SSSR count). The number of alkyl halides is 1. The summed E-state index contributed by atoms with van der Waals surface area (Å²) in [6.45, 7) is 7.72. The first-order valence-corrected chi connectivity index (χ1v) is 5.18. The van der Waals surface area contributed by atoms with Gasteiger partial charge < -0.3 is 9.47 Å². The molecule has 1 heterocycles. The third-order valence-corrected chi connectivity index (χ3v) is 3.26. The predicted molar refractivity (Wildman–Crippen MR) is 54.2 cm³/mol. The first-order valence-electron chi connectivity index (χ1n) is 4.65. The molecule has 1 aliphatic heterocycles. The fourth-order valence-corrected chi connectivity index (χ4v) is 1.91. The van der Waals surface area contributed by atoms with E-state index in [-0.39, 0.29) is 11.5 Å². The maximum Gasteiger partial charge on any atom is 0.0898 e. The minimum atomic E-state index is 0.155. The van der Waals surface area contributed by atoms with Crippen LogP contribution < -0.4 is 0 Å². The van der Waals surface area contributed by atoms with Crippen LogP contribution in [0.15, 0.2) is 12.7 Å². The molecule has 0 N–H and O–H groups in total. The molecule has 0 aliphatic carbocycles. The second-order valence-electron chi connectivity index (χ2n) is 3.48. The minimum absolute atomic E-state index is 0.155. The first-order chi connectivity index (χ1) is 6.29. The molecule has 1 saturated heterocycles. The summed E-state index contributed by atoms with van der Waals surface area (Å²) >= 11 is 5.91. The molecule has 0 radical (unpaired) electrons. The van der Waals surface area contributed by atoms with E-state index in [1.165, 1.54) is 0 Å². The first kappa shape index (κ1) is 11.0. The van der Waals surface area contributed by atoms with Crippen molar-refractivity contribution in [1.29, 1.82) is 0 Å². The van der Waals surface area contributed by atoms with Gasteiger partial charge in [0.25, 0.3) is 0 Å². The maximum absolute atomic E-state index is 5.91. The van der Waals surface area contributed by atoms with E-state index < -0.39 is 0 Å². The summed E-state index contributed by atoms with van der Waals surface area (Å²) < 4.78 is 10.8. The molecule has 2 nitrogen and oxygen atoms in total. The van der Waals surface area contributed by atoms with E-state index >= 15 is 0 Å². The van der Waals surface area contributed by atoms with Gasteiger partial charge in [-0.05, 0) is 6.42 Å². The molecule has 3 heteroatoms. The van der Waals surface area contributed by atoms with Crippen LogP contribution in [0.4, 0.5) is 0 Å². The summed E-state index contributed by atoms with van der Waals surface area (Å²) in [5, 5.41) is 0. The van der Waals surface area contributed by atoms with Crippen LogP contribution >= 0.6 is 11.6 Å². The Labute approximate surface area is 84.9 Å². The fourth-order valence-electron chi connectivity index (χ4n) is 1.47. The maximum atomic E-state index is 5.91. The molecule has 1 aliphatic rings. The van der Waals surface area contributed by atoms with Crippen LogP contribution in [0.2, 0.25) is 0 Å². The van der Waals surface area contributed by atoms with Gasteiger partial charge in [0.2, 0.25) is 0 Å². The largest absolute Gasteiger partial charge is 0.375 e. The SMILES string of the molecule is C=CCOCC1OCC1(CC)CCl. The zero-order chi connectivity index (χ0) is 9.73. The Morgan fingerprint density at radius 2 is 2.54 bits per heavy atom. The van der Waals surface area contributed by atoms with E-state index in [2.05, 4.69) is 13.5 Å². The van der Waals surface area contributed by atoms with Crippen molar-refractivity contribution in [1.82, 2.24) is 0 Å². The molecule has 0 aromatic carbocycles. The van der Waals surface area contributed by atoms with Crippen LogP contribution in [0.25, 0.3) is 0 Å². The van der Waals surface area contributed by atoms with Gasteiger partial charge in [0, 0.05) is 11.3 Å².